The Hall–Kier alpha value is -3.17. The number of carbonyl (C=O) groups is 1. The van der Waals surface area contributed by atoms with Crippen molar-refractivity contribution in [1.82, 2.24) is 24.9 Å². The van der Waals surface area contributed by atoms with Crippen LogP contribution in [0.25, 0.3) is 23.1 Å². The number of halogens is 1. The van der Waals surface area contributed by atoms with E-state index in [2.05, 4.69) is 25.7 Å². The lowest BCUT2D eigenvalue weighted by Gasteiger charge is -2.09. The monoisotopic (exact) mass is 440 g/mol. The van der Waals surface area contributed by atoms with E-state index in [1.807, 2.05) is 43.3 Å². The Kier molecular flexibility index (Phi) is 5.82. The highest BCUT2D eigenvalue weighted by atomic mass is 35.5. The average molecular weight is 441 g/mol. The van der Waals surface area contributed by atoms with Crippen LogP contribution in [0, 0.1) is 6.92 Å². The highest BCUT2D eigenvalue weighted by Crippen LogP contribution is 2.25. The normalized spacial score (nSPS) is 10.9. The van der Waals surface area contributed by atoms with Crippen molar-refractivity contribution >= 4 is 35.0 Å². The number of aromatic nitrogens is 5. The SMILES string of the molecule is Cc1c(Cl)cccc1NC(=O)CSc1nnc(-c2nc(-c3ccccc3)no2)n1C. The van der Waals surface area contributed by atoms with E-state index in [-0.39, 0.29) is 17.6 Å². The Bertz CT molecular complexity index is 1190. The van der Waals surface area contributed by atoms with Gasteiger partial charge in [0.15, 0.2) is 5.16 Å². The molecule has 2 aromatic carbocycles. The fourth-order valence-corrected chi connectivity index (χ4v) is 3.59. The lowest BCUT2D eigenvalue weighted by Crippen LogP contribution is -2.15. The fourth-order valence-electron chi connectivity index (χ4n) is 2.70. The van der Waals surface area contributed by atoms with Crippen LogP contribution in [0.3, 0.4) is 0 Å². The van der Waals surface area contributed by atoms with Crippen molar-refractivity contribution < 1.29 is 9.32 Å². The lowest BCUT2D eigenvalue weighted by atomic mass is 10.2. The van der Waals surface area contributed by atoms with E-state index in [9.17, 15) is 4.79 Å². The van der Waals surface area contributed by atoms with Gasteiger partial charge in [-0.2, -0.15) is 4.98 Å². The molecule has 8 nitrogen and oxygen atoms in total. The van der Waals surface area contributed by atoms with Crippen molar-refractivity contribution in [2.75, 3.05) is 11.1 Å². The molecule has 10 heteroatoms. The third-order valence-electron chi connectivity index (χ3n) is 4.36. The van der Waals surface area contributed by atoms with Crippen molar-refractivity contribution in [3.63, 3.8) is 0 Å². The van der Waals surface area contributed by atoms with Gasteiger partial charge in [-0.3, -0.25) is 4.79 Å². The first-order chi connectivity index (χ1) is 14.5. The van der Waals surface area contributed by atoms with E-state index in [0.29, 0.717) is 27.5 Å². The van der Waals surface area contributed by atoms with Gasteiger partial charge < -0.3 is 14.4 Å². The van der Waals surface area contributed by atoms with Gasteiger partial charge in [0.1, 0.15) is 0 Å². The van der Waals surface area contributed by atoms with Crippen LogP contribution in [0.2, 0.25) is 5.02 Å². The van der Waals surface area contributed by atoms with Crippen LogP contribution >= 0.6 is 23.4 Å². The van der Waals surface area contributed by atoms with E-state index in [0.717, 1.165) is 11.1 Å². The molecular formula is C20H17ClN6O2S. The molecule has 2 aromatic heterocycles. The Morgan fingerprint density at radius 3 is 2.77 bits per heavy atom. The second-order valence-electron chi connectivity index (χ2n) is 6.40. The third kappa shape index (κ3) is 4.22. The van der Waals surface area contributed by atoms with E-state index in [1.165, 1.54) is 11.8 Å². The zero-order valence-electron chi connectivity index (χ0n) is 16.2. The number of carbonyl (C=O) groups excluding carboxylic acids is 1. The molecule has 0 radical (unpaired) electrons. The number of hydrogen-bond donors (Lipinski definition) is 1. The van der Waals surface area contributed by atoms with Crippen molar-refractivity contribution in [2.24, 2.45) is 7.05 Å². The number of anilines is 1. The molecule has 2 heterocycles. The molecule has 0 aliphatic carbocycles. The fraction of sp³-hybridized carbons (Fsp3) is 0.150. The smallest absolute Gasteiger partial charge is 0.296 e. The first-order valence-electron chi connectivity index (χ1n) is 8.99. The van der Waals surface area contributed by atoms with Crippen LogP contribution in [-0.4, -0.2) is 36.6 Å². The van der Waals surface area contributed by atoms with Crippen molar-refractivity contribution in [2.45, 2.75) is 12.1 Å². The summed E-state index contributed by atoms with van der Waals surface area (Å²) in [5, 5.41) is 16.3. The summed E-state index contributed by atoms with van der Waals surface area (Å²) in [7, 11) is 1.78. The number of amides is 1. The zero-order chi connectivity index (χ0) is 21.1. The molecule has 0 aliphatic rings. The van der Waals surface area contributed by atoms with E-state index < -0.39 is 0 Å². The van der Waals surface area contributed by atoms with Gasteiger partial charge in [-0.1, -0.05) is 64.9 Å². The topological polar surface area (TPSA) is 98.7 Å². The molecule has 0 unspecified atom stereocenters. The summed E-state index contributed by atoms with van der Waals surface area (Å²) >= 11 is 7.35. The van der Waals surface area contributed by atoms with Gasteiger partial charge in [0.05, 0.1) is 5.75 Å². The average Bonchev–Trinajstić information content (AvgIpc) is 3.37. The second kappa shape index (κ2) is 8.68. The largest absolute Gasteiger partial charge is 0.330 e. The van der Waals surface area contributed by atoms with Gasteiger partial charge in [-0.05, 0) is 24.6 Å². The van der Waals surface area contributed by atoms with Gasteiger partial charge in [0, 0.05) is 23.3 Å². The van der Waals surface area contributed by atoms with E-state index in [1.54, 1.807) is 23.7 Å². The predicted octanol–water partition coefficient (Wildman–Crippen LogP) is 4.22. The number of thioether (sulfide) groups is 1. The molecule has 0 saturated carbocycles. The maximum atomic E-state index is 12.3. The van der Waals surface area contributed by atoms with Gasteiger partial charge >= 0.3 is 0 Å². The highest BCUT2D eigenvalue weighted by molar-refractivity contribution is 7.99. The summed E-state index contributed by atoms with van der Waals surface area (Å²) in [5.41, 5.74) is 2.35. The van der Waals surface area contributed by atoms with Crippen molar-refractivity contribution in [3.05, 3.63) is 59.1 Å². The molecule has 0 spiro atoms. The Labute approximate surface area is 181 Å². The zero-order valence-corrected chi connectivity index (χ0v) is 17.7. The number of benzene rings is 2. The van der Waals surface area contributed by atoms with Gasteiger partial charge in [-0.25, -0.2) is 0 Å². The summed E-state index contributed by atoms with van der Waals surface area (Å²) in [4.78, 5) is 16.7. The third-order valence-corrected chi connectivity index (χ3v) is 5.79. The maximum Gasteiger partial charge on any atom is 0.296 e. The molecule has 0 fully saturated rings. The van der Waals surface area contributed by atoms with E-state index >= 15 is 0 Å². The Balaban J connectivity index is 1.43. The highest BCUT2D eigenvalue weighted by Gasteiger charge is 2.19. The van der Waals surface area contributed by atoms with Crippen LogP contribution in [-0.2, 0) is 11.8 Å². The molecular weight excluding hydrogens is 424 g/mol. The van der Waals surface area contributed by atoms with Gasteiger partial charge in [0.25, 0.3) is 5.89 Å². The first-order valence-corrected chi connectivity index (χ1v) is 10.4. The van der Waals surface area contributed by atoms with Gasteiger partial charge in [-0.15, -0.1) is 10.2 Å². The molecule has 152 valence electrons. The second-order valence-corrected chi connectivity index (χ2v) is 7.75. The molecule has 0 atom stereocenters. The number of nitrogens with one attached hydrogen (secondary N) is 1. The minimum Gasteiger partial charge on any atom is -0.330 e. The minimum atomic E-state index is -0.168. The Morgan fingerprint density at radius 2 is 1.97 bits per heavy atom. The molecule has 1 amide bonds. The molecule has 4 rings (SSSR count). The lowest BCUT2D eigenvalue weighted by molar-refractivity contribution is -0.113. The molecule has 0 bridgehead atoms. The summed E-state index contributed by atoms with van der Waals surface area (Å²) in [5.74, 6) is 1.16. The number of nitrogens with zero attached hydrogens (tertiary/aromatic N) is 5. The number of hydrogen-bond acceptors (Lipinski definition) is 7. The molecule has 1 N–H and O–H groups in total. The molecule has 30 heavy (non-hydrogen) atoms. The molecule has 0 saturated heterocycles. The van der Waals surface area contributed by atoms with Crippen LogP contribution in [0.5, 0.6) is 0 Å². The maximum absolute atomic E-state index is 12.3. The molecule has 0 aliphatic heterocycles. The van der Waals surface area contributed by atoms with Gasteiger partial charge in [0.2, 0.25) is 17.6 Å². The van der Waals surface area contributed by atoms with Crippen molar-refractivity contribution in [3.8, 4) is 23.1 Å². The summed E-state index contributed by atoms with van der Waals surface area (Å²) in [6.07, 6.45) is 0. The molecule has 4 aromatic rings. The van der Waals surface area contributed by atoms with Crippen LogP contribution in [0.15, 0.2) is 58.2 Å². The van der Waals surface area contributed by atoms with Crippen LogP contribution in [0.1, 0.15) is 5.56 Å². The predicted molar refractivity (Wildman–Crippen MR) is 115 cm³/mol. The Morgan fingerprint density at radius 1 is 1.17 bits per heavy atom. The number of rotatable bonds is 6. The summed E-state index contributed by atoms with van der Waals surface area (Å²) < 4.78 is 7.06. The quantitative estimate of drug-likeness (QED) is 0.448. The summed E-state index contributed by atoms with van der Waals surface area (Å²) in [6.45, 7) is 1.86. The minimum absolute atomic E-state index is 0.164. The van der Waals surface area contributed by atoms with E-state index in [4.69, 9.17) is 16.1 Å². The van der Waals surface area contributed by atoms with Crippen molar-refractivity contribution in [1.29, 1.82) is 0 Å². The summed E-state index contributed by atoms with van der Waals surface area (Å²) in [6, 6.07) is 14.9. The van der Waals surface area contributed by atoms with Crippen LogP contribution < -0.4 is 5.32 Å². The van der Waals surface area contributed by atoms with Crippen LogP contribution in [0.4, 0.5) is 5.69 Å². The first kappa shape index (κ1) is 20.1. The standard InChI is InChI=1S/C20H17ClN6O2S/c1-12-14(21)9-6-10-15(12)22-16(28)11-30-20-25-24-18(27(20)2)19-23-17(26-29-19)13-7-4-3-5-8-13/h3-10H,11H2,1-2H3,(H,22,28).